The Balaban J connectivity index is 2.85. The summed E-state index contributed by atoms with van der Waals surface area (Å²) in [6.07, 6.45) is -2.53. The van der Waals surface area contributed by atoms with E-state index in [1.165, 1.54) is 0 Å². The van der Waals surface area contributed by atoms with Crippen LogP contribution in [0, 0.1) is 0 Å². The molecule has 0 spiro atoms. The number of carbonyl (C=O) groups is 1. The van der Waals surface area contributed by atoms with Crippen LogP contribution in [0.2, 0.25) is 0 Å². The molecule has 0 saturated carbocycles. The fraction of sp³-hybridized carbons (Fsp3) is 0.571. The lowest BCUT2D eigenvalue weighted by Gasteiger charge is -2.13. The summed E-state index contributed by atoms with van der Waals surface area (Å²) in [4.78, 5) is 10.7. The molecule has 0 fully saturated rings. The first-order chi connectivity index (χ1) is 5.02. The number of ketones is 1. The molecule has 1 rings (SSSR count). The molecule has 0 aromatic heterocycles. The maximum Gasteiger partial charge on any atom is 0.419 e. The Morgan fingerprint density at radius 2 is 2.00 bits per heavy atom. The van der Waals surface area contributed by atoms with Crippen LogP contribution in [0.3, 0.4) is 0 Å². The van der Waals surface area contributed by atoms with E-state index in [4.69, 9.17) is 0 Å². The number of halogens is 3. The smallest absolute Gasteiger partial charge is 0.294 e. The molecule has 0 N–H and O–H groups in total. The summed E-state index contributed by atoms with van der Waals surface area (Å²) in [7, 11) is 0. The van der Waals surface area contributed by atoms with Crippen LogP contribution in [0.5, 0.6) is 0 Å². The molecule has 0 aromatic carbocycles. The lowest BCUT2D eigenvalue weighted by atomic mass is 9.98. The van der Waals surface area contributed by atoms with Crippen molar-refractivity contribution in [1.82, 2.24) is 0 Å². The quantitative estimate of drug-likeness (QED) is 0.536. The van der Waals surface area contributed by atoms with Crippen molar-refractivity contribution in [3.05, 3.63) is 11.6 Å². The van der Waals surface area contributed by atoms with E-state index in [0.717, 1.165) is 6.08 Å². The highest BCUT2D eigenvalue weighted by Crippen LogP contribution is 2.30. The maximum absolute atomic E-state index is 11.9. The highest BCUT2D eigenvalue weighted by molar-refractivity contribution is 5.97. The summed E-state index contributed by atoms with van der Waals surface area (Å²) in [5.41, 5.74) is -0.969. The normalized spacial score (nSPS) is 19.9. The number of rotatable bonds is 0. The predicted octanol–water partition coefficient (Wildman–Crippen LogP) is 2.23. The van der Waals surface area contributed by atoms with E-state index in [1.807, 2.05) is 0 Å². The van der Waals surface area contributed by atoms with Gasteiger partial charge in [0, 0.05) is 6.42 Å². The molecule has 0 bridgehead atoms. The zero-order valence-corrected chi connectivity index (χ0v) is 5.74. The van der Waals surface area contributed by atoms with E-state index in [1.54, 1.807) is 0 Å². The van der Waals surface area contributed by atoms with E-state index in [2.05, 4.69) is 0 Å². The standard InChI is InChI=1S/C7H7F3O/c8-7(9,10)5-3-1-2-4-6(5)11/h3H,1-2,4H2. The molecular weight excluding hydrogens is 157 g/mol. The summed E-state index contributed by atoms with van der Waals surface area (Å²) in [6, 6.07) is 0. The van der Waals surface area contributed by atoms with Gasteiger partial charge in [-0.15, -0.1) is 0 Å². The summed E-state index contributed by atoms with van der Waals surface area (Å²) < 4.78 is 35.7. The molecule has 1 aliphatic rings. The highest BCUT2D eigenvalue weighted by Gasteiger charge is 2.38. The third-order valence-electron chi connectivity index (χ3n) is 1.56. The number of alkyl halides is 3. The Hall–Kier alpha value is -0.800. The van der Waals surface area contributed by atoms with Gasteiger partial charge in [0.1, 0.15) is 0 Å². The van der Waals surface area contributed by atoms with Crippen molar-refractivity contribution >= 4 is 5.78 Å². The SMILES string of the molecule is O=C1CCCC=C1C(F)(F)F. The third-order valence-corrected chi connectivity index (χ3v) is 1.56. The largest absolute Gasteiger partial charge is 0.419 e. The summed E-state index contributed by atoms with van der Waals surface area (Å²) in [5, 5.41) is 0. The molecule has 0 heterocycles. The van der Waals surface area contributed by atoms with Crippen molar-refractivity contribution in [2.24, 2.45) is 0 Å². The molecule has 0 aromatic rings. The Morgan fingerprint density at radius 1 is 1.36 bits per heavy atom. The average Bonchev–Trinajstić information content (AvgIpc) is 1.86. The second-order valence-corrected chi connectivity index (χ2v) is 2.43. The first kappa shape index (κ1) is 8.30. The summed E-state index contributed by atoms with van der Waals surface area (Å²) in [6.45, 7) is 0. The number of carbonyl (C=O) groups excluding carboxylic acids is 1. The molecule has 0 saturated heterocycles. The maximum atomic E-state index is 11.9. The Labute approximate surface area is 61.9 Å². The van der Waals surface area contributed by atoms with Gasteiger partial charge in [-0.2, -0.15) is 13.2 Å². The minimum atomic E-state index is -4.45. The second kappa shape index (κ2) is 2.68. The van der Waals surface area contributed by atoms with Crippen molar-refractivity contribution < 1.29 is 18.0 Å². The Kier molecular flexibility index (Phi) is 2.02. The first-order valence-electron chi connectivity index (χ1n) is 3.32. The number of hydrogen-bond acceptors (Lipinski definition) is 1. The van der Waals surface area contributed by atoms with Crippen LogP contribution < -0.4 is 0 Å². The van der Waals surface area contributed by atoms with E-state index < -0.39 is 17.5 Å². The topological polar surface area (TPSA) is 17.1 Å². The van der Waals surface area contributed by atoms with Gasteiger partial charge in [-0.05, 0) is 12.8 Å². The van der Waals surface area contributed by atoms with Crippen LogP contribution in [-0.4, -0.2) is 12.0 Å². The zero-order chi connectivity index (χ0) is 8.48. The van der Waals surface area contributed by atoms with Crippen LogP contribution >= 0.6 is 0 Å². The van der Waals surface area contributed by atoms with Crippen molar-refractivity contribution in [3.8, 4) is 0 Å². The molecule has 0 aliphatic heterocycles. The van der Waals surface area contributed by atoms with Crippen LogP contribution in [0.15, 0.2) is 11.6 Å². The molecule has 1 aliphatic carbocycles. The van der Waals surface area contributed by atoms with Gasteiger partial charge in [0.2, 0.25) is 0 Å². The van der Waals surface area contributed by atoms with Crippen molar-refractivity contribution in [2.75, 3.05) is 0 Å². The minimum Gasteiger partial charge on any atom is -0.294 e. The molecule has 0 atom stereocenters. The fourth-order valence-electron chi connectivity index (χ4n) is 1.03. The number of hydrogen-bond donors (Lipinski definition) is 0. The van der Waals surface area contributed by atoms with Crippen LogP contribution in [0.1, 0.15) is 19.3 Å². The van der Waals surface area contributed by atoms with E-state index in [9.17, 15) is 18.0 Å². The Morgan fingerprint density at radius 3 is 2.36 bits per heavy atom. The Bertz CT molecular complexity index is 202. The fourth-order valence-corrected chi connectivity index (χ4v) is 1.03. The summed E-state index contributed by atoms with van der Waals surface area (Å²) in [5.74, 6) is -0.774. The molecule has 4 heteroatoms. The van der Waals surface area contributed by atoms with Gasteiger partial charge in [-0.25, -0.2) is 0 Å². The van der Waals surface area contributed by atoms with Gasteiger partial charge in [0.15, 0.2) is 5.78 Å². The third kappa shape index (κ3) is 1.82. The molecule has 0 amide bonds. The molecule has 11 heavy (non-hydrogen) atoms. The van der Waals surface area contributed by atoms with E-state index in [-0.39, 0.29) is 6.42 Å². The molecule has 62 valence electrons. The van der Waals surface area contributed by atoms with E-state index in [0.29, 0.717) is 12.8 Å². The zero-order valence-electron chi connectivity index (χ0n) is 5.74. The van der Waals surface area contributed by atoms with Crippen LogP contribution in [0.4, 0.5) is 13.2 Å². The van der Waals surface area contributed by atoms with Gasteiger partial charge in [-0.1, -0.05) is 6.08 Å². The monoisotopic (exact) mass is 164 g/mol. The van der Waals surface area contributed by atoms with Gasteiger partial charge < -0.3 is 0 Å². The highest BCUT2D eigenvalue weighted by atomic mass is 19.4. The van der Waals surface area contributed by atoms with Crippen molar-refractivity contribution in [2.45, 2.75) is 25.4 Å². The molecule has 0 unspecified atom stereocenters. The first-order valence-corrected chi connectivity index (χ1v) is 3.32. The number of Topliss-reactive ketones (excluding diaryl/α,β-unsaturated/α-hetero) is 1. The molecular formula is C7H7F3O. The second-order valence-electron chi connectivity index (χ2n) is 2.43. The molecule has 0 radical (unpaired) electrons. The molecule has 1 nitrogen and oxygen atoms in total. The average molecular weight is 164 g/mol. The minimum absolute atomic E-state index is 0.0331. The number of allylic oxidation sites excluding steroid dienone is 2. The van der Waals surface area contributed by atoms with Gasteiger partial charge in [-0.3, -0.25) is 4.79 Å². The van der Waals surface area contributed by atoms with Crippen molar-refractivity contribution in [1.29, 1.82) is 0 Å². The van der Waals surface area contributed by atoms with Crippen LogP contribution in [0.25, 0.3) is 0 Å². The van der Waals surface area contributed by atoms with Gasteiger partial charge in [0.05, 0.1) is 5.57 Å². The van der Waals surface area contributed by atoms with E-state index >= 15 is 0 Å². The van der Waals surface area contributed by atoms with Crippen LogP contribution in [-0.2, 0) is 4.79 Å². The summed E-state index contributed by atoms with van der Waals surface area (Å²) >= 11 is 0. The predicted molar refractivity (Wildman–Crippen MR) is 33.0 cm³/mol. The van der Waals surface area contributed by atoms with Crippen molar-refractivity contribution in [3.63, 3.8) is 0 Å². The lowest BCUT2D eigenvalue weighted by molar-refractivity contribution is -0.129. The van der Waals surface area contributed by atoms with Gasteiger partial charge >= 0.3 is 6.18 Å². The van der Waals surface area contributed by atoms with Gasteiger partial charge in [0.25, 0.3) is 0 Å². The lowest BCUT2D eigenvalue weighted by Crippen LogP contribution is -2.22.